The van der Waals surface area contributed by atoms with E-state index in [4.69, 9.17) is 9.84 Å². The Labute approximate surface area is 81.1 Å². The molecule has 1 heterocycles. The van der Waals surface area contributed by atoms with Gasteiger partial charge in [-0.25, -0.2) is 4.98 Å². The predicted octanol–water partition coefficient (Wildman–Crippen LogP) is 0.594. The number of carbonyl (C=O) groups is 1. The molecule has 0 spiro atoms. The van der Waals surface area contributed by atoms with Crippen LogP contribution in [0.4, 0.5) is 0 Å². The second-order valence-corrected chi connectivity index (χ2v) is 2.47. The number of pyridine rings is 1. The molecule has 0 aromatic carbocycles. The number of hydrogen-bond donors (Lipinski definition) is 1. The van der Waals surface area contributed by atoms with Crippen LogP contribution in [0.5, 0.6) is 5.88 Å². The Bertz CT molecular complexity index is 350. The number of aliphatic carboxylic acids is 1. The Hall–Kier alpha value is -1.91. The third kappa shape index (κ3) is 2.85. The molecular formula is C9H10N2O3. The van der Waals surface area contributed by atoms with E-state index in [1.807, 2.05) is 0 Å². The molecule has 0 fully saturated rings. The van der Waals surface area contributed by atoms with Gasteiger partial charge in [0, 0.05) is 12.4 Å². The average Bonchev–Trinajstić information content (AvgIpc) is 2.18. The van der Waals surface area contributed by atoms with Gasteiger partial charge in [-0.1, -0.05) is 0 Å². The van der Waals surface area contributed by atoms with Crippen molar-refractivity contribution in [1.29, 1.82) is 0 Å². The fraction of sp³-hybridized carbons (Fsp3) is 0.222. The number of carboxylic acid groups (broad SMARTS) is 1. The summed E-state index contributed by atoms with van der Waals surface area (Å²) in [6, 6.07) is 3.47. The van der Waals surface area contributed by atoms with Crippen molar-refractivity contribution >= 4 is 12.2 Å². The van der Waals surface area contributed by atoms with E-state index in [0.717, 1.165) is 0 Å². The lowest BCUT2D eigenvalue weighted by Gasteiger charge is -2.00. The normalized spacial score (nSPS) is 10.4. The second-order valence-electron chi connectivity index (χ2n) is 2.47. The predicted molar refractivity (Wildman–Crippen MR) is 50.9 cm³/mol. The topological polar surface area (TPSA) is 71.8 Å². The fourth-order valence-corrected chi connectivity index (χ4v) is 0.894. The molecule has 0 bridgehead atoms. The average molecular weight is 194 g/mol. The molecule has 0 atom stereocenters. The van der Waals surface area contributed by atoms with Gasteiger partial charge in [0.05, 0.1) is 12.7 Å². The molecule has 5 nitrogen and oxygen atoms in total. The van der Waals surface area contributed by atoms with Gasteiger partial charge < -0.3 is 9.84 Å². The summed E-state index contributed by atoms with van der Waals surface area (Å²) in [5.41, 5.74) is 0.663. The molecule has 1 N–H and O–H groups in total. The molecule has 0 aliphatic carbocycles. The zero-order chi connectivity index (χ0) is 10.4. The largest absolute Gasteiger partial charge is 0.481 e. The van der Waals surface area contributed by atoms with E-state index in [0.29, 0.717) is 11.4 Å². The molecule has 74 valence electrons. The summed E-state index contributed by atoms with van der Waals surface area (Å²) in [5.74, 6) is -0.536. The zero-order valence-corrected chi connectivity index (χ0v) is 7.67. The molecule has 0 saturated carbocycles. The van der Waals surface area contributed by atoms with E-state index in [9.17, 15) is 4.79 Å². The number of aromatic nitrogens is 1. The smallest absolute Gasteiger partial charge is 0.325 e. The number of ether oxygens (including phenoxy) is 1. The summed E-state index contributed by atoms with van der Waals surface area (Å²) in [6.45, 7) is -0.252. The molecule has 1 rings (SSSR count). The zero-order valence-electron chi connectivity index (χ0n) is 7.67. The minimum absolute atomic E-state index is 0.252. The minimum atomic E-state index is -0.968. The van der Waals surface area contributed by atoms with Crippen LogP contribution in [-0.4, -0.2) is 35.9 Å². The van der Waals surface area contributed by atoms with E-state index >= 15 is 0 Å². The van der Waals surface area contributed by atoms with Crippen molar-refractivity contribution in [3.8, 4) is 5.88 Å². The Balaban J connectivity index is 2.75. The molecule has 1 aromatic rings. The summed E-state index contributed by atoms with van der Waals surface area (Å²) < 4.78 is 4.95. The van der Waals surface area contributed by atoms with Crippen molar-refractivity contribution in [2.24, 2.45) is 4.99 Å². The van der Waals surface area contributed by atoms with E-state index in [1.165, 1.54) is 13.3 Å². The van der Waals surface area contributed by atoms with Gasteiger partial charge in [-0.05, 0) is 12.1 Å². The van der Waals surface area contributed by atoms with E-state index in [2.05, 4.69) is 9.98 Å². The summed E-state index contributed by atoms with van der Waals surface area (Å²) >= 11 is 0. The maximum Gasteiger partial charge on any atom is 0.325 e. The quantitative estimate of drug-likeness (QED) is 0.712. The van der Waals surface area contributed by atoms with Crippen molar-refractivity contribution in [1.82, 2.24) is 4.98 Å². The lowest BCUT2D eigenvalue weighted by molar-refractivity contribution is -0.135. The summed E-state index contributed by atoms with van der Waals surface area (Å²) in [5, 5.41) is 8.36. The highest BCUT2D eigenvalue weighted by Crippen LogP contribution is 2.10. The Morgan fingerprint density at radius 1 is 1.79 bits per heavy atom. The van der Waals surface area contributed by atoms with E-state index < -0.39 is 5.97 Å². The van der Waals surface area contributed by atoms with Crippen LogP contribution in [0.2, 0.25) is 0 Å². The van der Waals surface area contributed by atoms with Crippen molar-refractivity contribution in [2.75, 3.05) is 13.7 Å². The number of methoxy groups -OCH3 is 1. The Morgan fingerprint density at radius 3 is 3.21 bits per heavy atom. The van der Waals surface area contributed by atoms with Gasteiger partial charge in [-0.3, -0.25) is 9.79 Å². The lowest BCUT2D eigenvalue weighted by Crippen LogP contribution is -2.00. The molecule has 1 aromatic heterocycles. The van der Waals surface area contributed by atoms with Crippen LogP contribution in [0.1, 0.15) is 5.56 Å². The number of hydrogen-bond acceptors (Lipinski definition) is 4. The van der Waals surface area contributed by atoms with Gasteiger partial charge in [-0.2, -0.15) is 0 Å². The number of aliphatic imine (C=N–C) groups is 1. The number of carboxylic acids is 1. The first kappa shape index (κ1) is 10.2. The first-order valence-corrected chi connectivity index (χ1v) is 3.94. The van der Waals surface area contributed by atoms with Crippen LogP contribution in [0, 0.1) is 0 Å². The molecule has 0 aliphatic rings. The van der Waals surface area contributed by atoms with Gasteiger partial charge in [0.15, 0.2) is 0 Å². The monoisotopic (exact) mass is 194 g/mol. The lowest BCUT2D eigenvalue weighted by atomic mass is 10.3. The SMILES string of the molecule is COc1ncccc1C=NCC(=O)O. The highest BCUT2D eigenvalue weighted by atomic mass is 16.5. The van der Waals surface area contributed by atoms with Gasteiger partial charge in [0.25, 0.3) is 0 Å². The number of rotatable bonds is 4. The third-order valence-electron chi connectivity index (χ3n) is 1.45. The maximum atomic E-state index is 10.2. The van der Waals surface area contributed by atoms with E-state index in [1.54, 1.807) is 18.3 Å². The number of nitrogens with zero attached hydrogens (tertiary/aromatic N) is 2. The molecule has 0 radical (unpaired) electrons. The van der Waals surface area contributed by atoms with Gasteiger partial charge >= 0.3 is 5.97 Å². The fourth-order valence-electron chi connectivity index (χ4n) is 0.894. The van der Waals surface area contributed by atoms with Crippen LogP contribution < -0.4 is 4.74 Å². The standard InChI is InChI=1S/C9H10N2O3/c1-14-9-7(3-2-4-11-9)5-10-6-8(12)13/h2-5H,6H2,1H3,(H,12,13). The highest BCUT2D eigenvalue weighted by molar-refractivity contribution is 5.84. The highest BCUT2D eigenvalue weighted by Gasteiger charge is 1.99. The first-order chi connectivity index (χ1) is 6.74. The van der Waals surface area contributed by atoms with Crippen LogP contribution in [0.3, 0.4) is 0 Å². The van der Waals surface area contributed by atoms with Crippen LogP contribution in [0.15, 0.2) is 23.3 Å². The second kappa shape index (κ2) is 4.96. The Kier molecular flexibility index (Phi) is 3.60. The van der Waals surface area contributed by atoms with Gasteiger partial charge in [0.2, 0.25) is 5.88 Å². The minimum Gasteiger partial charge on any atom is -0.481 e. The van der Waals surface area contributed by atoms with Crippen molar-refractivity contribution in [2.45, 2.75) is 0 Å². The van der Waals surface area contributed by atoms with E-state index in [-0.39, 0.29) is 6.54 Å². The van der Waals surface area contributed by atoms with Crippen LogP contribution >= 0.6 is 0 Å². The summed E-state index contributed by atoms with van der Waals surface area (Å²) in [6.07, 6.45) is 3.02. The van der Waals surface area contributed by atoms with Crippen LogP contribution in [-0.2, 0) is 4.79 Å². The van der Waals surface area contributed by atoms with Gasteiger partial charge in [-0.15, -0.1) is 0 Å². The molecular weight excluding hydrogens is 184 g/mol. The molecule has 5 heteroatoms. The third-order valence-corrected chi connectivity index (χ3v) is 1.45. The molecule has 0 unspecified atom stereocenters. The summed E-state index contributed by atoms with van der Waals surface area (Å²) in [7, 11) is 1.50. The molecule has 0 amide bonds. The maximum absolute atomic E-state index is 10.2. The Morgan fingerprint density at radius 2 is 2.57 bits per heavy atom. The summed E-state index contributed by atoms with van der Waals surface area (Å²) in [4.78, 5) is 17.8. The van der Waals surface area contributed by atoms with Crippen LogP contribution in [0.25, 0.3) is 0 Å². The first-order valence-electron chi connectivity index (χ1n) is 3.94. The van der Waals surface area contributed by atoms with Crippen molar-refractivity contribution in [3.05, 3.63) is 23.9 Å². The molecule has 14 heavy (non-hydrogen) atoms. The van der Waals surface area contributed by atoms with Gasteiger partial charge in [0.1, 0.15) is 6.54 Å². The van der Waals surface area contributed by atoms with Crippen molar-refractivity contribution in [3.63, 3.8) is 0 Å². The van der Waals surface area contributed by atoms with Crippen molar-refractivity contribution < 1.29 is 14.6 Å². The molecule has 0 saturated heterocycles. The molecule has 0 aliphatic heterocycles.